The van der Waals surface area contributed by atoms with Crippen LogP contribution >= 0.6 is 34.2 Å². The number of hydrogen-bond acceptors (Lipinski definition) is 5. The zero-order chi connectivity index (χ0) is 25.8. The lowest BCUT2D eigenvalue weighted by atomic mass is 10.1. The van der Waals surface area contributed by atoms with Crippen LogP contribution in [-0.4, -0.2) is 24.5 Å². The Morgan fingerprint density at radius 2 is 1.83 bits per heavy atom. The molecule has 0 aliphatic carbocycles. The van der Waals surface area contributed by atoms with Gasteiger partial charge in [0.1, 0.15) is 18.0 Å². The molecule has 3 aromatic rings. The third kappa shape index (κ3) is 5.52. The van der Waals surface area contributed by atoms with Gasteiger partial charge in [-0.2, -0.15) is 0 Å². The van der Waals surface area contributed by atoms with Crippen LogP contribution < -0.4 is 19.7 Å². The molecule has 10 heteroatoms. The molecule has 1 aliphatic heterocycles. The van der Waals surface area contributed by atoms with Crippen LogP contribution in [0.3, 0.4) is 0 Å². The number of para-hydroxylation sites is 1. The number of imide groups is 2. The molecule has 0 bridgehead atoms. The Kier molecular flexibility index (Phi) is 7.90. The van der Waals surface area contributed by atoms with Gasteiger partial charge < -0.3 is 9.47 Å². The lowest BCUT2D eigenvalue weighted by Crippen LogP contribution is -2.54. The Morgan fingerprint density at radius 3 is 2.56 bits per heavy atom. The van der Waals surface area contributed by atoms with E-state index in [0.717, 1.165) is 11.6 Å². The minimum Gasteiger partial charge on any atom is -0.490 e. The maximum absolute atomic E-state index is 14.3. The summed E-state index contributed by atoms with van der Waals surface area (Å²) in [7, 11) is 0. The zero-order valence-corrected chi connectivity index (χ0v) is 21.8. The summed E-state index contributed by atoms with van der Waals surface area (Å²) < 4.78 is 26.7. The minimum absolute atomic E-state index is 0.248. The highest BCUT2D eigenvalue weighted by Gasteiger charge is 2.38. The van der Waals surface area contributed by atoms with Crippen molar-refractivity contribution in [2.75, 3.05) is 11.5 Å². The lowest BCUT2D eigenvalue weighted by Gasteiger charge is -2.26. The van der Waals surface area contributed by atoms with E-state index in [9.17, 15) is 18.8 Å². The monoisotopic (exact) mass is 620 g/mol. The first kappa shape index (κ1) is 25.6. The normalized spacial score (nSPS) is 14.7. The second-order valence-electron chi connectivity index (χ2n) is 7.59. The molecule has 3 aromatic carbocycles. The van der Waals surface area contributed by atoms with Gasteiger partial charge in [0.25, 0.3) is 11.8 Å². The van der Waals surface area contributed by atoms with Crippen molar-refractivity contribution in [1.29, 1.82) is 0 Å². The van der Waals surface area contributed by atoms with Gasteiger partial charge in [0, 0.05) is 5.02 Å². The summed E-state index contributed by atoms with van der Waals surface area (Å²) in [5, 5.41) is 2.68. The van der Waals surface area contributed by atoms with Crippen molar-refractivity contribution in [2.24, 2.45) is 0 Å². The average Bonchev–Trinajstić information content (AvgIpc) is 2.82. The Bertz CT molecular complexity index is 1390. The SMILES string of the molecule is CCOc1cc(/C=C2/C(=O)NC(=O)N(c3ccccc3F)C2=O)cc(I)c1OCc1cccc(Cl)c1. The van der Waals surface area contributed by atoms with Gasteiger partial charge in [-0.3, -0.25) is 14.9 Å². The molecule has 1 saturated heterocycles. The highest BCUT2D eigenvalue weighted by atomic mass is 127. The Balaban J connectivity index is 1.67. The first-order valence-corrected chi connectivity index (χ1v) is 12.2. The highest BCUT2D eigenvalue weighted by molar-refractivity contribution is 14.1. The van der Waals surface area contributed by atoms with Crippen LogP contribution in [0.15, 0.2) is 66.2 Å². The van der Waals surface area contributed by atoms with Crippen LogP contribution in [0.5, 0.6) is 11.5 Å². The number of benzene rings is 3. The van der Waals surface area contributed by atoms with E-state index in [1.54, 1.807) is 24.3 Å². The molecule has 0 spiro atoms. The third-order valence-electron chi connectivity index (χ3n) is 5.11. The van der Waals surface area contributed by atoms with Crippen LogP contribution in [0.25, 0.3) is 6.08 Å². The van der Waals surface area contributed by atoms with E-state index >= 15 is 0 Å². The van der Waals surface area contributed by atoms with Gasteiger partial charge in [0.05, 0.1) is 15.9 Å². The van der Waals surface area contributed by atoms with Crippen LogP contribution in [0.2, 0.25) is 5.02 Å². The van der Waals surface area contributed by atoms with Gasteiger partial charge in [-0.25, -0.2) is 14.1 Å². The molecule has 7 nitrogen and oxygen atoms in total. The zero-order valence-electron chi connectivity index (χ0n) is 18.9. The molecule has 0 atom stereocenters. The number of ether oxygens (including phenoxy) is 2. The summed E-state index contributed by atoms with van der Waals surface area (Å²) in [6.07, 6.45) is 1.32. The van der Waals surface area contributed by atoms with Crippen LogP contribution in [0, 0.1) is 9.39 Å². The summed E-state index contributed by atoms with van der Waals surface area (Å²) in [4.78, 5) is 38.6. The number of anilines is 1. The fraction of sp³-hybridized carbons (Fsp3) is 0.115. The van der Waals surface area contributed by atoms with Gasteiger partial charge in [-0.1, -0.05) is 35.9 Å². The van der Waals surface area contributed by atoms with E-state index in [1.165, 1.54) is 24.3 Å². The summed E-state index contributed by atoms with van der Waals surface area (Å²) in [6.45, 7) is 2.41. The van der Waals surface area contributed by atoms with Gasteiger partial charge in [-0.15, -0.1) is 0 Å². The van der Waals surface area contributed by atoms with Crippen molar-refractivity contribution in [2.45, 2.75) is 13.5 Å². The van der Waals surface area contributed by atoms with Gasteiger partial charge in [0.15, 0.2) is 11.5 Å². The summed E-state index contributed by atoms with van der Waals surface area (Å²) in [5.41, 5.74) is 0.741. The van der Waals surface area contributed by atoms with Crippen molar-refractivity contribution < 1.29 is 28.2 Å². The van der Waals surface area contributed by atoms with E-state index in [2.05, 4.69) is 27.9 Å². The van der Waals surface area contributed by atoms with E-state index in [-0.39, 0.29) is 17.9 Å². The van der Waals surface area contributed by atoms with E-state index < -0.39 is 23.7 Å². The summed E-state index contributed by atoms with van der Waals surface area (Å²) in [6, 6.07) is 14.9. The van der Waals surface area contributed by atoms with Crippen LogP contribution in [0.1, 0.15) is 18.1 Å². The largest absolute Gasteiger partial charge is 0.490 e. The molecule has 0 saturated carbocycles. The second kappa shape index (κ2) is 11.1. The van der Waals surface area contributed by atoms with Crippen molar-refractivity contribution in [1.82, 2.24) is 5.32 Å². The molecule has 36 heavy (non-hydrogen) atoms. The number of carbonyl (C=O) groups is 3. The maximum Gasteiger partial charge on any atom is 0.336 e. The standard InChI is InChI=1S/C26H19ClFIN2O5/c1-2-35-22-13-16(12-20(29)23(22)36-14-15-6-5-7-17(27)10-15)11-18-24(32)30-26(34)31(25(18)33)21-9-4-3-8-19(21)28/h3-13H,2,14H2,1H3,(H,30,32,34)/b18-11-. The van der Waals surface area contributed by atoms with Crippen molar-refractivity contribution in [3.8, 4) is 11.5 Å². The second-order valence-corrected chi connectivity index (χ2v) is 9.19. The Labute approximate surface area is 225 Å². The molecule has 0 unspecified atom stereocenters. The molecular formula is C26H19ClFIN2O5. The molecule has 4 rings (SSSR count). The number of carbonyl (C=O) groups excluding carboxylic acids is 3. The van der Waals surface area contributed by atoms with Crippen molar-refractivity contribution in [3.05, 3.63) is 91.8 Å². The van der Waals surface area contributed by atoms with Crippen LogP contribution in [0.4, 0.5) is 14.9 Å². The molecule has 0 radical (unpaired) electrons. The number of halogens is 3. The maximum atomic E-state index is 14.3. The van der Waals surface area contributed by atoms with E-state index in [1.807, 2.05) is 19.1 Å². The number of barbiturate groups is 1. The van der Waals surface area contributed by atoms with Crippen molar-refractivity contribution in [3.63, 3.8) is 0 Å². The fourth-order valence-corrected chi connectivity index (χ4v) is 4.53. The first-order valence-electron chi connectivity index (χ1n) is 10.8. The molecule has 1 heterocycles. The first-order chi connectivity index (χ1) is 17.3. The lowest BCUT2D eigenvalue weighted by molar-refractivity contribution is -0.122. The topological polar surface area (TPSA) is 84.9 Å². The number of nitrogens with one attached hydrogen (secondary N) is 1. The molecular weight excluding hydrogens is 602 g/mol. The predicted octanol–water partition coefficient (Wildman–Crippen LogP) is 5.73. The van der Waals surface area contributed by atoms with Gasteiger partial charge >= 0.3 is 6.03 Å². The van der Waals surface area contributed by atoms with Crippen LogP contribution in [-0.2, 0) is 16.2 Å². The number of urea groups is 1. The molecule has 1 N–H and O–H groups in total. The summed E-state index contributed by atoms with van der Waals surface area (Å²) in [5.74, 6) is -1.70. The molecule has 1 fully saturated rings. The number of rotatable bonds is 7. The molecule has 184 valence electrons. The highest BCUT2D eigenvalue weighted by Crippen LogP contribution is 2.36. The predicted molar refractivity (Wildman–Crippen MR) is 142 cm³/mol. The summed E-state index contributed by atoms with van der Waals surface area (Å²) >= 11 is 8.12. The van der Waals surface area contributed by atoms with Crippen molar-refractivity contribution >= 4 is 63.8 Å². The fourth-order valence-electron chi connectivity index (χ4n) is 3.53. The smallest absolute Gasteiger partial charge is 0.336 e. The van der Waals surface area contributed by atoms with Gasteiger partial charge in [-0.05, 0) is 83.1 Å². The number of amides is 4. The minimum atomic E-state index is -1.03. The Morgan fingerprint density at radius 1 is 1.06 bits per heavy atom. The number of hydrogen-bond donors (Lipinski definition) is 1. The average molecular weight is 621 g/mol. The molecule has 4 amide bonds. The molecule has 0 aromatic heterocycles. The Hall–Kier alpha value is -3.44. The third-order valence-corrected chi connectivity index (χ3v) is 6.15. The quantitative estimate of drug-likeness (QED) is 0.207. The van der Waals surface area contributed by atoms with Gasteiger partial charge in [0.2, 0.25) is 0 Å². The number of nitrogens with zero attached hydrogens (tertiary/aromatic N) is 1. The molecule has 1 aliphatic rings. The van der Waals surface area contributed by atoms with E-state index in [0.29, 0.717) is 37.2 Å². The van der Waals surface area contributed by atoms with E-state index in [4.69, 9.17) is 21.1 Å².